The van der Waals surface area contributed by atoms with Gasteiger partial charge in [0.25, 0.3) is 0 Å². The molecule has 0 aromatic heterocycles. The third-order valence-electron chi connectivity index (χ3n) is 15.0. The Morgan fingerprint density at radius 1 is 0.373 bits per heavy atom. The second-order valence-electron chi connectivity index (χ2n) is 22.4. The van der Waals surface area contributed by atoms with Crippen molar-refractivity contribution in [3.05, 3.63) is 60.8 Å². The number of hydrogen-bond donors (Lipinski definition) is 3. The average molecular weight is 1050 g/mol. The van der Waals surface area contributed by atoms with Crippen LogP contribution in [0.2, 0.25) is 0 Å². The van der Waals surface area contributed by atoms with Gasteiger partial charge in [0.15, 0.2) is 0 Å². The Morgan fingerprint density at radius 3 is 1.07 bits per heavy atom. The standard InChI is InChI=1S/C69H127NO5/c1-3-5-7-9-11-13-15-39-43-47-51-55-59-63-69(74)75-64-60-56-52-48-44-41-38-36-34-32-30-28-26-24-22-20-18-16-17-19-21-23-25-27-29-31-33-35-37-40-42-46-50-54-58-62-68(73)70-66(65-71)67(72)61-57-53-49-45-14-12-10-8-6-4-2/h7,9,13,15,18,20,24,26,57,61,66-67,71-72H,3-6,8,10-12,14,16-17,19,21-23,25,27-56,58-60,62-65H2,1-2H3,(H,70,73)/b9-7-,15-13-,20-18-,26-24-,61-57+. The van der Waals surface area contributed by atoms with E-state index in [9.17, 15) is 19.8 Å². The zero-order valence-electron chi connectivity index (χ0n) is 50.0. The summed E-state index contributed by atoms with van der Waals surface area (Å²) in [5.74, 6) is -0.0667. The summed E-state index contributed by atoms with van der Waals surface area (Å²) in [5, 5.41) is 23.0. The summed E-state index contributed by atoms with van der Waals surface area (Å²) >= 11 is 0. The predicted octanol–water partition coefficient (Wildman–Crippen LogP) is 21.1. The van der Waals surface area contributed by atoms with Crippen LogP contribution in [0.4, 0.5) is 0 Å². The number of amides is 1. The molecule has 0 bridgehead atoms. The highest BCUT2D eigenvalue weighted by Crippen LogP contribution is 2.17. The van der Waals surface area contributed by atoms with Gasteiger partial charge in [0.2, 0.25) is 5.91 Å². The molecule has 1 amide bonds. The fourth-order valence-electron chi connectivity index (χ4n) is 9.94. The van der Waals surface area contributed by atoms with E-state index in [-0.39, 0.29) is 18.5 Å². The van der Waals surface area contributed by atoms with Crippen LogP contribution in [0.1, 0.15) is 341 Å². The number of unbranched alkanes of at least 4 members (excludes halogenated alkanes) is 42. The van der Waals surface area contributed by atoms with E-state index in [1.54, 1.807) is 6.08 Å². The molecule has 0 rings (SSSR count). The van der Waals surface area contributed by atoms with Gasteiger partial charge in [-0.3, -0.25) is 9.59 Å². The number of allylic oxidation sites excluding steroid dienone is 9. The molecule has 0 saturated carbocycles. The first-order valence-electron chi connectivity index (χ1n) is 33.1. The van der Waals surface area contributed by atoms with Crippen molar-refractivity contribution in [2.45, 2.75) is 353 Å². The van der Waals surface area contributed by atoms with Crippen LogP contribution in [-0.2, 0) is 14.3 Å². The number of carbonyl (C=O) groups excluding carboxylic acids is 2. The number of esters is 1. The van der Waals surface area contributed by atoms with Crippen LogP contribution in [0.5, 0.6) is 0 Å². The quantitative estimate of drug-likeness (QED) is 0.0320. The molecular weight excluding hydrogens is 923 g/mol. The van der Waals surface area contributed by atoms with E-state index in [0.29, 0.717) is 19.4 Å². The van der Waals surface area contributed by atoms with E-state index in [0.717, 1.165) is 57.8 Å². The maximum atomic E-state index is 12.4. The topological polar surface area (TPSA) is 95.9 Å². The first-order chi connectivity index (χ1) is 37.0. The summed E-state index contributed by atoms with van der Waals surface area (Å²) < 4.78 is 5.47. The highest BCUT2D eigenvalue weighted by molar-refractivity contribution is 5.76. The van der Waals surface area contributed by atoms with Gasteiger partial charge >= 0.3 is 5.97 Å². The zero-order valence-corrected chi connectivity index (χ0v) is 50.0. The maximum absolute atomic E-state index is 12.4. The van der Waals surface area contributed by atoms with Gasteiger partial charge < -0.3 is 20.3 Å². The molecule has 0 aromatic carbocycles. The molecule has 2 atom stereocenters. The summed E-state index contributed by atoms with van der Waals surface area (Å²) in [4.78, 5) is 24.4. The monoisotopic (exact) mass is 1050 g/mol. The van der Waals surface area contributed by atoms with Crippen molar-refractivity contribution in [1.82, 2.24) is 5.32 Å². The minimum atomic E-state index is -0.841. The number of nitrogens with one attached hydrogen (secondary N) is 1. The molecule has 0 radical (unpaired) electrons. The van der Waals surface area contributed by atoms with Crippen molar-refractivity contribution in [2.24, 2.45) is 0 Å². The van der Waals surface area contributed by atoms with E-state index < -0.39 is 12.1 Å². The lowest BCUT2D eigenvalue weighted by molar-refractivity contribution is -0.143. The molecule has 0 aliphatic rings. The van der Waals surface area contributed by atoms with Crippen molar-refractivity contribution in [3.63, 3.8) is 0 Å². The molecule has 75 heavy (non-hydrogen) atoms. The minimum Gasteiger partial charge on any atom is -0.466 e. The van der Waals surface area contributed by atoms with Gasteiger partial charge in [-0.1, -0.05) is 299 Å². The van der Waals surface area contributed by atoms with Crippen molar-refractivity contribution in [3.8, 4) is 0 Å². The molecule has 3 N–H and O–H groups in total. The summed E-state index contributed by atoms with van der Waals surface area (Å²) in [7, 11) is 0. The molecule has 0 saturated heterocycles. The number of rotatable bonds is 61. The Bertz CT molecular complexity index is 1300. The van der Waals surface area contributed by atoms with Crippen molar-refractivity contribution in [2.75, 3.05) is 13.2 Å². The van der Waals surface area contributed by atoms with Crippen LogP contribution < -0.4 is 5.32 Å². The average Bonchev–Trinajstić information content (AvgIpc) is 3.41. The van der Waals surface area contributed by atoms with Crippen molar-refractivity contribution in [1.29, 1.82) is 0 Å². The van der Waals surface area contributed by atoms with Crippen LogP contribution in [0, 0.1) is 0 Å². The summed E-state index contributed by atoms with van der Waals surface area (Å²) in [6.45, 7) is 4.82. The lowest BCUT2D eigenvalue weighted by Gasteiger charge is -2.20. The fraction of sp³-hybridized carbons (Fsp3) is 0.826. The fourth-order valence-corrected chi connectivity index (χ4v) is 9.94. The first-order valence-corrected chi connectivity index (χ1v) is 33.1. The Labute approximate surface area is 467 Å². The lowest BCUT2D eigenvalue weighted by atomic mass is 10.0. The SMILES string of the molecule is CCC/C=C\C/C=C\CCCCCCCC(=O)OCCCCCCCCCCCCC/C=C\C/C=C\CCCCCCCCCCCCCCCCCCCC(=O)NC(CO)C(O)/C=C/CCCCCCCCCC. The van der Waals surface area contributed by atoms with E-state index in [1.165, 1.54) is 257 Å². The van der Waals surface area contributed by atoms with Gasteiger partial charge in [-0.15, -0.1) is 0 Å². The molecule has 438 valence electrons. The lowest BCUT2D eigenvalue weighted by Crippen LogP contribution is -2.45. The smallest absolute Gasteiger partial charge is 0.305 e. The molecule has 0 fully saturated rings. The van der Waals surface area contributed by atoms with Crippen LogP contribution in [0.15, 0.2) is 60.8 Å². The largest absolute Gasteiger partial charge is 0.466 e. The van der Waals surface area contributed by atoms with Crippen LogP contribution in [-0.4, -0.2) is 47.4 Å². The molecule has 0 aliphatic carbocycles. The number of hydrogen-bond acceptors (Lipinski definition) is 5. The van der Waals surface area contributed by atoms with Crippen LogP contribution >= 0.6 is 0 Å². The minimum absolute atomic E-state index is 0.000591. The van der Waals surface area contributed by atoms with Gasteiger partial charge in [-0.25, -0.2) is 0 Å². The van der Waals surface area contributed by atoms with E-state index in [2.05, 4.69) is 67.8 Å². The number of carbonyl (C=O) groups is 2. The summed E-state index contributed by atoms with van der Waals surface area (Å²) in [6.07, 6.45) is 84.5. The van der Waals surface area contributed by atoms with Gasteiger partial charge in [0, 0.05) is 12.8 Å². The predicted molar refractivity (Wildman–Crippen MR) is 328 cm³/mol. The van der Waals surface area contributed by atoms with Gasteiger partial charge in [-0.2, -0.15) is 0 Å². The third-order valence-corrected chi connectivity index (χ3v) is 15.0. The molecule has 0 heterocycles. The van der Waals surface area contributed by atoms with E-state index >= 15 is 0 Å². The number of aliphatic hydroxyl groups excluding tert-OH is 2. The number of ether oxygens (including phenoxy) is 1. The van der Waals surface area contributed by atoms with Crippen molar-refractivity contribution < 1.29 is 24.5 Å². The molecule has 0 aromatic rings. The Morgan fingerprint density at radius 2 is 0.693 bits per heavy atom. The summed E-state index contributed by atoms with van der Waals surface area (Å²) in [6, 6.07) is -0.625. The van der Waals surface area contributed by atoms with Crippen molar-refractivity contribution >= 4 is 11.9 Å². The van der Waals surface area contributed by atoms with Gasteiger partial charge in [0.05, 0.1) is 25.4 Å². The Kier molecular flexibility index (Phi) is 62.0. The van der Waals surface area contributed by atoms with Crippen LogP contribution in [0.25, 0.3) is 0 Å². The maximum Gasteiger partial charge on any atom is 0.305 e. The third kappa shape index (κ3) is 60.6. The first kappa shape index (κ1) is 72.6. The highest BCUT2D eigenvalue weighted by Gasteiger charge is 2.18. The molecule has 0 aliphatic heterocycles. The highest BCUT2D eigenvalue weighted by atomic mass is 16.5. The molecular formula is C69H127NO5. The van der Waals surface area contributed by atoms with Gasteiger partial charge in [-0.05, 0) is 89.9 Å². The van der Waals surface area contributed by atoms with E-state index in [1.807, 2.05) is 6.08 Å². The second kappa shape index (κ2) is 64.1. The summed E-state index contributed by atoms with van der Waals surface area (Å²) in [5.41, 5.74) is 0. The number of aliphatic hydroxyl groups is 2. The molecule has 2 unspecified atom stereocenters. The zero-order chi connectivity index (χ0) is 54.3. The van der Waals surface area contributed by atoms with Gasteiger partial charge in [0.1, 0.15) is 0 Å². The molecule has 6 nitrogen and oxygen atoms in total. The Hall–Kier alpha value is -2.44. The van der Waals surface area contributed by atoms with E-state index in [4.69, 9.17) is 4.74 Å². The normalized spacial score (nSPS) is 13.0. The second-order valence-corrected chi connectivity index (χ2v) is 22.4. The Balaban J connectivity index is 3.37. The molecule has 6 heteroatoms. The van der Waals surface area contributed by atoms with Crippen LogP contribution in [0.3, 0.4) is 0 Å². The molecule has 0 spiro atoms.